The zero-order valence-electron chi connectivity index (χ0n) is 15.8. The smallest absolute Gasteiger partial charge is 0.322 e. The van der Waals surface area contributed by atoms with E-state index in [-0.39, 0.29) is 5.91 Å². The van der Waals surface area contributed by atoms with Gasteiger partial charge in [-0.05, 0) is 57.2 Å². The first-order valence-electron chi connectivity index (χ1n) is 8.89. The van der Waals surface area contributed by atoms with Crippen molar-refractivity contribution in [3.63, 3.8) is 0 Å². The Bertz CT molecular complexity index is 1140. The highest BCUT2D eigenvalue weighted by molar-refractivity contribution is 6.06. The van der Waals surface area contributed by atoms with E-state index in [1.54, 1.807) is 24.3 Å². The normalized spacial score (nSPS) is 10.8. The molecule has 0 aliphatic carbocycles. The van der Waals surface area contributed by atoms with Gasteiger partial charge in [0.2, 0.25) is 0 Å². The maximum Gasteiger partial charge on any atom is 0.322 e. The number of hydrogen-bond acceptors (Lipinski definition) is 5. The van der Waals surface area contributed by atoms with E-state index in [2.05, 4.69) is 15.3 Å². The molecule has 0 aliphatic heterocycles. The molecule has 28 heavy (non-hydrogen) atoms. The Morgan fingerprint density at radius 2 is 1.64 bits per heavy atom. The van der Waals surface area contributed by atoms with Crippen molar-refractivity contribution in [1.29, 1.82) is 0 Å². The van der Waals surface area contributed by atoms with Crippen LogP contribution in [0.3, 0.4) is 0 Å². The van der Waals surface area contributed by atoms with E-state index in [1.807, 2.05) is 51.1 Å². The summed E-state index contributed by atoms with van der Waals surface area (Å²) in [6.45, 7) is 5.65. The van der Waals surface area contributed by atoms with Gasteiger partial charge in [-0.3, -0.25) is 4.79 Å². The maximum atomic E-state index is 12.6. The lowest BCUT2D eigenvalue weighted by Crippen LogP contribution is -2.12. The fourth-order valence-electron chi connectivity index (χ4n) is 3.03. The number of nitrogens with one attached hydrogen (secondary N) is 1. The van der Waals surface area contributed by atoms with Gasteiger partial charge in [-0.15, -0.1) is 0 Å². The molecular weight excluding hydrogens is 354 g/mol. The molecule has 4 rings (SSSR count). The van der Waals surface area contributed by atoms with Gasteiger partial charge < -0.3 is 14.5 Å². The van der Waals surface area contributed by atoms with Gasteiger partial charge in [-0.25, -0.2) is 9.97 Å². The maximum absolute atomic E-state index is 12.6. The van der Waals surface area contributed by atoms with Gasteiger partial charge in [0, 0.05) is 28.0 Å². The van der Waals surface area contributed by atoms with Crippen LogP contribution in [0.5, 0.6) is 11.8 Å². The molecule has 1 N–H and O–H groups in total. The summed E-state index contributed by atoms with van der Waals surface area (Å²) < 4.78 is 11.4. The number of rotatable bonds is 4. The lowest BCUT2D eigenvalue weighted by atomic mass is 10.1. The summed E-state index contributed by atoms with van der Waals surface area (Å²) in [6, 6.07) is 16.8. The van der Waals surface area contributed by atoms with E-state index in [9.17, 15) is 4.79 Å². The van der Waals surface area contributed by atoms with E-state index in [0.29, 0.717) is 28.8 Å². The molecular formula is C22H19N3O3. The molecule has 1 amide bonds. The van der Waals surface area contributed by atoms with E-state index >= 15 is 0 Å². The lowest BCUT2D eigenvalue weighted by molar-refractivity contribution is 0.0998. The molecule has 0 spiro atoms. The van der Waals surface area contributed by atoms with Crippen LogP contribution in [-0.2, 0) is 0 Å². The molecule has 0 aliphatic rings. The molecule has 6 heteroatoms. The van der Waals surface area contributed by atoms with E-state index in [0.717, 1.165) is 22.3 Å². The molecule has 0 atom stereocenters. The molecule has 140 valence electrons. The molecule has 6 nitrogen and oxygen atoms in total. The first-order valence-corrected chi connectivity index (χ1v) is 8.89. The van der Waals surface area contributed by atoms with Crippen LogP contribution in [0.15, 0.2) is 59.0 Å². The zero-order chi connectivity index (χ0) is 19.7. The predicted molar refractivity (Wildman–Crippen MR) is 107 cm³/mol. The largest absolute Gasteiger partial charge is 0.451 e. The second-order valence-electron chi connectivity index (χ2n) is 6.57. The van der Waals surface area contributed by atoms with Crippen LogP contribution < -0.4 is 10.1 Å². The van der Waals surface area contributed by atoms with E-state index in [4.69, 9.17) is 9.15 Å². The number of carbonyl (C=O) groups is 1. The van der Waals surface area contributed by atoms with Crippen molar-refractivity contribution in [2.24, 2.45) is 0 Å². The number of para-hydroxylation sites is 1. The molecule has 0 fully saturated rings. The van der Waals surface area contributed by atoms with Gasteiger partial charge in [0.25, 0.3) is 5.91 Å². The van der Waals surface area contributed by atoms with Gasteiger partial charge in [0.15, 0.2) is 5.76 Å². The number of furan rings is 1. The van der Waals surface area contributed by atoms with Crippen molar-refractivity contribution in [1.82, 2.24) is 9.97 Å². The number of anilines is 1. The topological polar surface area (TPSA) is 77.2 Å². The number of aryl methyl sites for hydroxylation is 3. The average molecular weight is 373 g/mol. The van der Waals surface area contributed by atoms with Gasteiger partial charge >= 0.3 is 6.01 Å². The van der Waals surface area contributed by atoms with Crippen LogP contribution in [0.25, 0.3) is 11.0 Å². The molecule has 2 aromatic carbocycles. The molecule has 0 radical (unpaired) electrons. The SMILES string of the molecule is Cc1cc(C)nc(Oc2ccc(NC(=O)c3oc4ccccc4c3C)cc2)n1. The second-order valence-corrected chi connectivity index (χ2v) is 6.57. The number of amides is 1. The monoisotopic (exact) mass is 373 g/mol. The highest BCUT2D eigenvalue weighted by Crippen LogP contribution is 2.26. The summed E-state index contributed by atoms with van der Waals surface area (Å²) >= 11 is 0. The van der Waals surface area contributed by atoms with Crippen LogP contribution in [0, 0.1) is 20.8 Å². The van der Waals surface area contributed by atoms with Crippen LogP contribution in [-0.4, -0.2) is 15.9 Å². The van der Waals surface area contributed by atoms with Crippen LogP contribution in [0.2, 0.25) is 0 Å². The summed E-state index contributed by atoms with van der Waals surface area (Å²) in [5.41, 5.74) is 3.83. The van der Waals surface area contributed by atoms with Gasteiger partial charge in [0.1, 0.15) is 11.3 Å². The summed E-state index contributed by atoms with van der Waals surface area (Å²) in [6.07, 6.45) is 0. The number of nitrogens with zero attached hydrogens (tertiary/aromatic N) is 2. The quantitative estimate of drug-likeness (QED) is 0.532. The standard InChI is InChI=1S/C22H19N3O3/c1-13-12-14(2)24-22(23-13)27-17-10-8-16(9-11-17)25-21(26)20-15(3)18-6-4-5-7-19(18)28-20/h4-12H,1-3H3,(H,25,26). The van der Waals surface area contributed by atoms with Crippen LogP contribution in [0.4, 0.5) is 5.69 Å². The van der Waals surface area contributed by atoms with Crippen molar-refractivity contribution in [3.8, 4) is 11.8 Å². The summed E-state index contributed by atoms with van der Waals surface area (Å²) in [4.78, 5) is 21.1. The Balaban J connectivity index is 1.49. The summed E-state index contributed by atoms with van der Waals surface area (Å²) in [7, 11) is 0. The Labute approximate surface area is 162 Å². The highest BCUT2D eigenvalue weighted by Gasteiger charge is 2.17. The Morgan fingerprint density at radius 3 is 2.32 bits per heavy atom. The third-order valence-corrected chi connectivity index (χ3v) is 4.33. The number of hydrogen-bond donors (Lipinski definition) is 1. The third kappa shape index (κ3) is 3.57. The first kappa shape index (κ1) is 17.7. The molecule has 0 saturated carbocycles. The van der Waals surface area contributed by atoms with Crippen molar-refractivity contribution in [2.75, 3.05) is 5.32 Å². The molecule has 2 heterocycles. The molecule has 0 unspecified atom stereocenters. The van der Waals surface area contributed by atoms with Crippen LogP contribution in [0.1, 0.15) is 27.5 Å². The fourth-order valence-corrected chi connectivity index (χ4v) is 3.03. The number of benzene rings is 2. The van der Waals surface area contributed by atoms with Crippen molar-refractivity contribution >= 4 is 22.6 Å². The van der Waals surface area contributed by atoms with Crippen molar-refractivity contribution in [2.45, 2.75) is 20.8 Å². The number of fused-ring (bicyclic) bond motifs is 1. The zero-order valence-corrected chi connectivity index (χ0v) is 15.8. The van der Waals surface area contributed by atoms with Gasteiger partial charge in [-0.1, -0.05) is 18.2 Å². The summed E-state index contributed by atoms with van der Waals surface area (Å²) in [5.74, 6) is 0.605. The van der Waals surface area contributed by atoms with Gasteiger partial charge in [0.05, 0.1) is 0 Å². The highest BCUT2D eigenvalue weighted by atomic mass is 16.5. The number of carbonyl (C=O) groups excluding carboxylic acids is 1. The molecule has 4 aromatic rings. The minimum absolute atomic E-state index is 0.292. The minimum Gasteiger partial charge on any atom is -0.451 e. The average Bonchev–Trinajstić information content (AvgIpc) is 3.00. The van der Waals surface area contributed by atoms with Gasteiger partial charge in [-0.2, -0.15) is 0 Å². The summed E-state index contributed by atoms with van der Waals surface area (Å²) in [5, 5.41) is 3.78. The van der Waals surface area contributed by atoms with Crippen molar-refractivity contribution in [3.05, 3.63) is 77.3 Å². The molecule has 0 saturated heterocycles. The van der Waals surface area contributed by atoms with E-state index < -0.39 is 0 Å². The van der Waals surface area contributed by atoms with Crippen molar-refractivity contribution < 1.29 is 13.9 Å². The Morgan fingerprint density at radius 1 is 0.964 bits per heavy atom. The van der Waals surface area contributed by atoms with E-state index in [1.165, 1.54) is 0 Å². The second kappa shape index (κ2) is 7.15. The Kier molecular flexibility index (Phi) is 4.53. The predicted octanol–water partition coefficient (Wildman–Crippen LogP) is 5.19. The number of aromatic nitrogens is 2. The first-order chi connectivity index (χ1) is 13.5. The minimum atomic E-state index is -0.292. The lowest BCUT2D eigenvalue weighted by Gasteiger charge is -2.07. The third-order valence-electron chi connectivity index (χ3n) is 4.33. The fraction of sp³-hybridized carbons (Fsp3) is 0.136. The Hall–Kier alpha value is -3.67. The number of ether oxygens (including phenoxy) is 1. The molecule has 2 aromatic heterocycles. The van der Waals surface area contributed by atoms with Crippen LogP contribution >= 0.6 is 0 Å². The molecule has 0 bridgehead atoms.